The van der Waals surface area contributed by atoms with Crippen molar-refractivity contribution in [2.24, 2.45) is 0 Å². The Kier molecular flexibility index (Phi) is 8.28. The Morgan fingerprint density at radius 2 is 1.84 bits per heavy atom. The summed E-state index contributed by atoms with van der Waals surface area (Å²) in [5.41, 5.74) is 7.11. The predicted octanol–water partition coefficient (Wildman–Crippen LogP) is 5.73. The summed E-state index contributed by atoms with van der Waals surface area (Å²) in [5.74, 6) is -0.487. The molecule has 1 heterocycles. The fraction of sp³-hybridized carbons (Fsp3) is 0.600. The average molecular weight is 446 g/mol. The van der Waals surface area contributed by atoms with Crippen molar-refractivity contribution in [1.82, 2.24) is 0 Å². The van der Waals surface area contributed by atoms with Gasteiger partial charge in [-0.25, -0.2) is 4.79 Å². The second-order valence-corrected chi connectivity index (χ2v) is 11.5. The maximum atomic E-state index is 13.0. The normalized spacial score (nSPS) is 16.5. The number of esters is 2. The van der Waals surface area contributed by atoms with Gasteiger partial charge in [-0.05, 0) is 73.9 Å². The molecule has 0 aliphatic carbocycles. The first kappa shape index (κ1) is 25.3. The van der Waals surface area contributed by atoms with E-state index in [4.69, 9.17) is 13.9 Å². The van der Waals surface area contributed by atoms with Gasteiger partial charge in [0.1, 0.15) is 0 Å². The van der Waals surface area contributed by atoms with Crippen LogP contribution in [0.5, 0.6) is 0 Å². The van der Waals surface area contributed by atoms with Crippen LogP contribution in [-0.4, -0.2) is 28.1 Å². The summed E-state index contributed by atoms with van der Waals surface area (Å²) in [6.07, 6.45) is 4.18. The summed E-state index contributed by atoms with van der Waals surface area (Å²) >= 11 is 0. The molecule has 1 aliphatic rings. The zero-order valence-corrected chi connectivity index (χ0v) is 21.5. The first-order valence-electron chi connectivity index (χ1n) is 11.0. The van der Waals surface area contributed by atoms with Gasteiger partial charge in [-0.15, -0.1) is 0 Å². The lowest BCUT2D eigenvalue weighted by Crippen LogP contribution is -2.22. The van der Waals surface area contributed by atoms with Crippen molar-refractivity contribution in [3.63, 3.8) is 0 Å². The van der Waals surface area contributed by atoms with Crippen molar-refractivity contribution in [1.29, 1.82) is 0 Å². The van der Waals surface area contributed by atoms with Gasteiger partial charge in [-0.1, -0.05) is 39.3 Å². The number of cyclic esters (lactones) is 1. The zero-order chi connectivity index (χ0) is 23.5. The summed E-state index contributed by atoms with van der Waals surface area (Å²) in [6, 6.07) is 0. The lowest BCUT2D eigenvalue weighted by atomic mass is 9.74. The molecule has 2 rings (SSSR count). The highest BCUT2D eigenvalue weighted by Crippen LogP contribution is 2.44. The van der Waals surface area contributed by atoms with E-state index in [1.807, 2.05) is 20.0 Å². The molecule has 6 heteroatoms. The van der Waals surface area contributed by atoms with Crippen LogP contribution in [-0.2, 0) is 37.0 Å². The highest BCUT2D eigenvalue weighted by Gasteiger charge is 2.41. The van der Waals surface area contributed by atoms with Crippen molar-refractivity contribution < 1.29 is 23.5 Å². The first-order chi connectivity index (χ1) is 14.4. The summed E-state index contributed by atoms with van der Waals surface area (Å²) in [4.78, 5) is 24.5. The molecule has 0 spiro atoms. The van der Waals surface area contributed by atoms with E-state index in [0.29, 0.717) is 24.8 Å². The lowest BCUT2D eigenvalue weighted by molar-refractivity contribution is -0.140. The Morgan fingerprint density at radius 3 is 2.35 bits per heavy atom. The fourth-order valence-electron chi connectivity index (χ4n) is 4.34. The summed E-state index contributed by atoms with van der Waals surface area (Å²) in [7, 11) is 0.375. The predicted molar refractivity (Wildman–Crippen MR) is 125 cm³/mol. The molecule has 1 aromatic rings. The first-order valence-corrected chi connectivity index (χ1v) is 13.4. The number of methoxy groups -OCH3 is 1. The van der Waals surface area contributed by atoms with Crippen molar-refractivity contribution in [3.05, 3.63) is 45.0 Å². The lowest BCUT2D eigenvalue weighted by Gasteiger charge is -2.29. The zero-order valence-electron chi connectivity index (χ0n) is 20.5. The Bertz CT molecular complexity index is 877. The number of ether oxygens (including phenoxy) is 2. The fourth-order valence-corrected chi connectivity index (χ4v) is 4.94. The Morgan fingerprint density at radius 1 is 1.19 bits per heavy atom. The second kappa shape index (κ2) is 10.1. The standard InChI is InChI=1S/C25H37O5Si/c1-10-17-16(3)20-21(23(27)29-24(20)30-31(8)9)22(25(4,5)6)18(17)13-11-15(2)12-14-19(26)28-7/h11,24H,10,12-14H2,1-9H3/b15-11+. The Hall–Kier alpha value is -1.92. The third-order valence-electron chi connectivity index (χ3n) is 5.75. The molecule has 0 N–H and O–H groups in total. The van der Waals surface area contributed by atoms with Gasteiger partial charge in [0, 0.05) is 12.0 Å². The van der Waals surface area contributed by atoms with Crippen LogP contribution < -0.4 is 0 Å². The van der Waals surface area contributed by atoms with Crippen molar-refractivity contribution in [2.45, 2.75) is 92.0 Å². The van der Waals surface area contributed by atoms with Gasteiger partial charge < -0.3 is 13.9 Å². The molecule has 31 heavy (non-hydrogen) atoms. The van der Waals surface area contributed by atoms with E-state index in [1.165, 1.54) is 18.2 Å². The quantitative estimate of drug-likeness (QED) is 0.290. The molecule has 0 aromatic heterocycles. The van der Waals surface area contributed by atoms with E-state index in [2.05, 4.69) is 40.7 Å². The SMILES string of the molecule is CCc1c(C)c2c(c(C(C)(C)C)c1C/C=C(\C)CCC(=O)OC)C(=O)OC2O[Si](C)C. The minimum Gasteiger partial charge on any atom is -0.469 e. The van der Waals surface area contributed by atoms with Crippen LogP contribution in [0.4, 0.5) is 0 Å². The number of carbonyl (C=O) groups excluding carboxylic acids is 2. The molecule has 0 fully saturated rings. The van der Waals surface area contributed by atoms with Crippen molar-refractivity contribution >= 4 is 21.0 Å². The minimum atomic E-state index is -1.04. The van der Waals surface area contributed by atoms with Crippen LogP contribution in [0.2, 0.25) is 13.1 Å². The van der Waals surface area contributed by atoms with Gasteiger partial charge in [-0.2, -0.15) is 0 Å². The van der Waals surface area contributed by atoms with Gasteiger partial charge in [0.25, 0.3) is 0 Å². The molecule has 0 saturated heterocycles. The van der Waals surface area contributed by atoms with Gasteiger partial charge in [-0.3, -0.25) is 4.79 Å². The topological polar surface area (TPSA) is 61.8 Å². The number of allylic oxidation sites excluding steroid dienone is 2. The van der Waals surface area contributed by atoms with Gasteiger partial charge in [0.15, 0.2) is 0 Å². The summed E-state index contributed by atoms with van der Waals surface area (Å²) in [6.45, 7) is 16.8. The maximum Gasteiger partial charge on any atom is 0.341 e. The highest BCUT2D eigenvalue weighted by atomic mass is 28.3. The van der Waals surface area contributed by atoms with Gasteiger partial charge >= 0.3 is 11.9 Å². The largest absolute Gasteiger partial charge is 0.469 e. The number of carbonyl (C=O) groups is 2. The molecule has 1 unspecified atom stereocenters. The van der Waals surface area contributed by atoms with Crippen LogP contribution in [0.3, 0.4) is 0 Å². The number of fused-ring (bicyclic) bond motifs is 1. The maximum absolute atomic E-state index is 13.0. The molecule has 171 valence electrons. The third kappa shape index (κ3) is 5.66. The third-order valence-corrected chi connectivity index (χ3v) is 6.43. The molecule has 1 aliphatic heterocycles. The molecule has 5 nitrogen and oxygen atoms in total. The number of benzene rings is 1. The molecule has 1 aromatic carbocycles. The number of hydrogen-bond donors (Lipinski definition) is 0. The van der Waals surface area contributed by atoms with E-state index >= 15 is 0 Å². The van der Waals surface area contributed by atoms with E-state index in [1.54, 1.807) is 0 Å². The van der Waals surface area contributed by atoms with E-state index in [9.17, 15) is 9.59 Å². The number of rotatable bonds is 8. The monoisotopic (exact) mass is 445 g/mol. The van der Waals surface area contributed by atoms with E-state index in [-0.39, 0.29) is 17.4 Å². The Balaban J connectivity index is 2.61. The molecular formula is C25H37O5Si. The van der Waals surface area contributed by atoms with Crippen molar-refractivity contribution in [2.75, 3.05) is 7.11 Å². The summed E-state index contributed by atoms with van der Waals surface area (Å²) in [5, 5.41) is 0. The van der Waals surface area contributed by atoms with Gasteiger partial charge in [0.2, 0.25) is 15.3 Å². The van der Waals surface area contributed by atoms with E-state index in [0.717, 1.165) is 28.7 Å². The summed E-state index contributed by atoms with van der Waals surface area (Å²) < 4.78 is 16.5. The van der Waals surface area contributed by atoms with Crippen LogP contribution in [0.25, 0.3) is 0 Å². The highest BCUT2D eigenvalue weighted by molar-refractivity contribution is 6.48. The molecule has 0 saturated carbocycles. The molecular weight excluding hydrogens is 408 g/mol. The van der Waals surface area contributed by atoms with Crippen LogP contribution in [0.15, 0.2) is 11.6 Å². The molecule has 0 bridgehead atoms. The molecule has 1 radical (unpaired) electrons. The van der Waals surface area contributed by atoms with Crippen molar-refractivity contribution in [3.8, 4) is 0 Å². The second-order valence-electron chi connectivity index (χ2n) is 9.44. The average Bonchev–Trinajstić information content (AvgIpc) is 2.98. The Labute approximate surface area is 188 Å². The van der Waals surface area contributed by atoms with E-state index < -0.39 is 15.3 Å². The van der Waals surface area contributed by atoms with Crippen LogP contribution in [0.1, 0.15) is 91.9 Å². The van der Waals surface area contributed by atoms with Crippen LogP contribution >= 0.6 is 0 Å². The minimum absolute atomic E-state index is 0.202. The molecule has 1 atom stereocenters. The van der Waals surface area contributed by atoms with Crippen LogP contribution in [0, 0.1) is 6.92 Å². The number of hydrogen-bond acceptors (Lipinski definition) is 5. The van der Waals surface area contributed by atoms with Gasteiger partial charge in [0.05, 0.1) is 12.7 Å². The molecule has 0 amide bonds. The smallest absolute Gasteiger partial charge is 0.341 e.